The standard InChI is InChI=1S/C19H21N3O4/c1-12(18(23)20-11-15-5-4-8-26-15)21-19(24)17-10-13-9-14(25-3)6-7-16(13)22(17)2/h4-10,12H,11H2,1-3H3,(H,20,23)(H,21,24)/t12-/m0/s1. The van der Waals surface area contributed by atoms with E-state index < -0.39 is 6.04 Å². The van der Waals surface area contributed by atoms with Crippen LogP contribution < -0.4 is 15.4 Å². The topological polar surface area (TPSA) is 85.5 Å². The molecule has 7 heteroatoms. The van der Waals surface area contributed by atoms with Gasteiger partial charge in [0.1, 0.15) is 23.2 Å². The first-order valence-electron chi connectivity index (χ1n) is 8.24. The molecule has 0 saturated carbocycles. The number of furan rings is 1. The molecule has 0 aliphatic carbocycles. The van der Waals surface area contributed by atoms with Gasteiger partial charge in [-0.2, -0.15) is 0 Å². The number of carbonyl (C=O) groups is 2. The molecule has 7 nitrogen and oxygen atoms in total. The summed E-state index contributed by atoms with van der Waals surface area (Å²) in [6.07, 6.45) is 1.54. The van der Waals surface area contributed by atoms with Crippen molar-refractivity contribution in [2.24, 2.45) is 7.05 Å². The number of carbonyl (C=O) groups excluding carboxylic acids is 2. The molecular weight excluding hydrogens is 334 g/mol. The number of hydrogen-bond acceptors (Lipinski definition) is 4. The number of methoxy groups -OCH3 is 1. The number of benzene rings is 1. The molecule has 0 radical (unpaired) electrons. The Morgan fingerprint density at radius 2 is 2.08 bits per heavy atom. The average Bonchev–Trinajstić information content (AvgIpc) is 3.27. The van der Waals surface area contributed by atoms with E-state index in [1.165, 1.54) is 0 Å². The number of nitrogens with one attached hydrogen (secondary N) is 2. The first kappa shape index (κ1) is 17.6. The van der Waals surface area contributed by atoms with Crippen molar-refractivity contribution in [2.45, 2.75) is 19.5 Å². The van der Waals surface area contributed by atoms with Gasteiger partial charge in [0.25, 0.3) is 5.91 Å². The number of rotatable bonds is 6. The van der Waals surface area contributed by atoms with E-state index in [-0.39, 0.29) is 18.4 Å². The highest BCUT2D eigenvalue weighted by Gasteiger charge is 2.19. The fourth-order valence-corrected chi connectivity index (χ4v) is 2.75. The SMILES string of the molecule is COc1ccc2c(c1)cc(C(=O)N[C@@H](C)C(=O)NCc1ccco1)n2C. The van der Waals surface area contributed by atoms with Crippen LogP contribution in [0.1, 0.15) is 23.2 Å². The van der Waals surface area contributed by atoms with Crippen LogP contribution in [-0.2, 0) is 18.4 Å². The molecule has 0 aliphatic heterocycles. The quantitative estimate of drug-likeness (QED) is 0.710. The van der Waals surface area contributed by atoms with Gasteiger partial charge in [0.05, 0.1) is 19.9 Å². The monoisotopic (exact) mass is 355 g/mol. The van der Waals surface area contributed by atoms with E-state index in [2.05, 4.69) is 10.6 Å². The first-order chi connectivity index (χ1) is 12.5. The zero-order chi connectivity index (χ0) is 18.7. The highest BCUT2D eigenvalue weighted by Crippen LogP contribution is 2.23. The van der Waals surface area contributed by atoms with Crippen molar-refractivity contribution in [3.63, 3.8) is 0 Å². The van der Waals surface area contributed by atoms with Crippen LogP contribution in [0.15, 0.2) is 47.1 Å². The second-order valence-electron chi connectivity index (χ2n) is 6.01. The van der Waals surface area contributed by atoms with Gasteiger partial charge in [-0.1, -0.05) is 0 Å². The second-order valence-corrected chi connectivity index (χ2v) is 6.01. The summed E-state index contributed by atoms with van der Waals surface area (Å²) in [7, 11) is 3.41. The van der Waals surface area contributed by atoms with Gasteiger partial charge in [-0.15, -0.1) is 0 Å². The summed E-state index contributed by atoms with van der Waals surface area (Å²) in [6.45, 7) is 1.92. The molecule has 26 heavy (non-hydrogen) atoms. The van der Waals surface area contributed by atoms with Crippen molar-refractivity contribution in [1.82, 2.24) is 15.2 Å². The maximum atomic E-state index is 12.6. The number of aromatic nitrogens is 1. The third kappa shape index (κ3) is 3.56. The summed E-state index contributed by atoms with van der Waals surface area (Å²) in [4.78, 5) is 24.7. The molecule has 136 valence electrons. The molecule has 3 rings (SSSR count). The van der Waals surface area contributed by atoms with E-state index in [1.54, 1.807) is 43.1 Å². The number of aryl methyl sites for hydroxylation is 1. The molecule has 0 fully saturated rings. The van der Waals surface area contributed by atoms with E-state index in [1.807, 2.05) is 25.2 Å². The van der Waals surface area contributed by atoms with Crippen molar-refractivity contribution in [1.29, 1.82) is 0 Å². The van der Waals surface area contributed by atoms with Crippen molar-refractivity contribution < 1.29 is 18.7 Å². The minimum Gasteiger partial charge on any atom is -0.497 e. The fourth-order valence-electron chi connectivity index (χ4n) is 2.75. The molecule has 0 aliphatic rings. The molecule has 2 N–H and O–H groups in total. The molecule has 0 bridgehead atoms. The molecule has 0 spiro atoms. The highest BCUT2D eigenvalue weighted by molar-refractivity contribution is 6.00. The largest absolute Gasteiger partial charge is 0.497 e. The second kappa shape index (κ2) is 7.35. The number of ether oxygens (including phenoxy) is 1. The Labute approximate surface area is 150 Å². The van der Waals surface area contributed by atoms with Gasteiger partial charge < -0.3 is 24.4 Å². The van der Waals surface area contributed by atoms with Crippen molar-refractivity contribution in [3.8, 4) is 5.75 Å². The van der Waals surface area contributed by atoms with Crippen molar-refractivity contribution in [2.75, 3.05) is 7.11 Å². The molecule has 0 saturated heterocycles. The Morgan fingerprint density at radius 1 is 1.27 bits per heavy atom. The first-order valence-corrected chi connectivity index (χ1v) is 8.24. The summed E-state index contributed by atoms with van der Waals surface area (Å²) >= 11 is 0. The molecule has 1 atom stereocenters. The maximum absolute atomic E-state index is 12.6. The van der Waals surface area contributed by atoms with Crippen LogP contribution in [0.5, 0.6) is 5.75 Å². The Hall–Kier alpha value is -3.22. The molecule has 2 amide bonds. The Morgan fingerprint density at radius 3 is 2.77 bits per heavy atom. The number of fused-ring (bicyclic) bond motifs is 1. The highest BCUT2D eigenvalue weighted by atomic mass is 16.5. The van der Waals surface area contributed by atoms with Gasteiger partial charge in [0, 0.05) is 18.0 Å². The minimum atomic E-state index is -0.676. The van der Waals surface area contributed by atoms with Crippen LogP contribution in [0.3, 0.4) is 0 Å². The van der Waals surface area contributed by atoms with Crippen LogP contribution in [-0.4, -0.2) is 29.5 Å². The predicted octanol–water partition coefficient (Wildman–Crippen LogP) is 2.21. The van der Waals surface area contributed by atoms with Gasteiger partial charge in [0.15, 0.2) is 0 Å². The molecule has 1 aromatic carbocycles. The molecule has 2 heterocycles. The minimum absolute atomic E-state index is 0.278. The van der Waals surface area contributed by atoms with Gasteiger partial charge >= 0.3 is 0 Å². The van der Waals surface area contributed by atoms with Gasteiger partial charge in [-0.3, -0.25) is 9.59 Å². The number of amides is 2. The van der Waals surface area contributed by atoms with Crippen molar-refractivity contribution in [3.05, 3.63) is 54.1 Å². The molecular formula is C19H21N3O4. The maximum Gasteiger partial charge on any atom is 0.268 e. The summed E-state index contributed by atoms with van der Waals surface area (Å²) in [5.41, 5.74) is 1.38. The smallest absolute Gasteiger partial charge is 0.268 e. The lowest BCUT2D eigenvalue weighted by Crippen LogP contribution is -2.44. The van der Waals surface area contributed by atoms with Crippen LogP contribution >= 0.6 is 0 Å². The van der Waals surface area contributed by atoms with Crippen LogP contribution in [0, 0.1) is 0 Å². The summed E-state index contributed by atoms with van der Waals surface area (Å²) < 4.78 is 12.2. The van der Waals surface area contributed by atoms with E-state index in [0.717, 1.165) is 16.7 Å². The van der Waals surface area contributed by atoms with E-state index in [4.69, 9.17) is 9.15 Å². The van der Waals surface area contributed by atoms with Crippen LogP contribution in [0.25, 0.3) is 10.9 Å². The summed E-state index contributed by atoms with van der Waals surface area (Å²) in [5.74, 6) is 0.777. The van der Waals surface area contributed by atoms with Gasteiger partial charge in [-0.05, 0) is 43.3 Å². The Balaban J connectivity index is 1.67. The lowest BCUT2D eigenvalue weighted by atomic mass is 10.2. The fraction of sp³-hybridized carbons (Fsp3) is 0.263. The zero-order valence-corrected chi connectivity index (χ0v) is 14.9. The van der Waals surface area contributed by atoms with E-state index >= 15 is 0 Å². The van der Waals surface area contributed by atoms with Crippen LogP contribution in [0.4, 0.5) is 0 Å². The average molecular weight is 355 g/mol. The summed E-state index contributed by atoms with van der Waals surface area (Å²) in [6, 6.07) is 10.2. The lowest BCUT2D eigenvalue weighted by molar-refractivity contribution is -0.122. The van der Waals surface area contributed by atoms with Gasteiger partial charge in [-0.25, -0.2) is 0 Å². The summed E-state index contributed by atoms with van der Waals surface area (Å²) in [5, 5.41) is 6.35. The van der Waals surface area contributed by atoms with Crippen LogP contribution in [0.2, 0.25) is 0 Å². The lowest BCUT2D eigenvalue weighted by Gasteiger charge is -2.14. The normalized spacial score (nSPS) is 12.0. The van der Waals surface area contributed by atoms with E-state index in [9.17, 15) is 9.59 Å². The molecule has 3 aromatic rings. The molecule has 2 aromatic heterocycles. The third-order valence-corrected chi connectivity index (χ3v) is 4.24. The van der Waals surface area contributed by atoms with E-state index in [0.29, 0.717) is 11.5 Å². The third-order valence-electron chi connectivity index (χ3n) is 4.24. The van der Waals surface area contributed by atoms with Gasteiger partial charge in [0.2, 0.25) is 5.91 Å². The molecule has 0 unspecified atom stereocenters. The predicted molar refractivity (Wildman–Crippen MR) is 97.0 cm³/mol. The number of nitrogens with zero attached hydrogens (tertiary/aromatic N) is 1. The zero-order valence-electron chi connectivity index (χ0n) is 14.9. The number of hydrogen-bond donors (Lipinski definition) is 2. The Bertz CT molecular complexity index is 928. The Kier molecular flexibility index (Phi) is 4.97. The van der Waals surface area contributed by atoms with Crippen molar-refractivity contribution >= 4 is 22.7 Å².